The van der Waals surface area contributed by atoms with Crippen LogP contribution >= 0.6 is 0 Å². The van der Waals surface area contributed by atoms with E-state index in [9.17, 15) is 9.90 Å². The summed E-state index contributed by atoms with van der Waals surface area (Å²) < 4.78 is 0. The number of nitrogens with zero attached hydrogens (tertiary/aromatic N) is 1. The third-order valence-electron chi connectivity index (χ3n) is 4.65. The Balaban J connectivity index is 1.79. The number of carbonyl (C=O) groups excluding carboxylic acids is 1. The molecule has 1 aliphatic carbocycles. The van der Waals surface area contributed by atoms with Gasteiger partial charge in [0.1, 0.15) is 0 Å². The van der Waals surface area contributed by atoms with E-state index < -0.39 is 5.60 Å². The van der Waals surface area contributed by atoms with E-state index in [2.05, 4.69) is 10.2 Å². The van der Waals surface area contributed by atoms with Crippen LogP contribution in [-0.2, 0) is 4.79 Å². The molecule has 4 nitrogen and oxygen atoms in total. The van der Waals surface area contributed by atoms with Crippen LogP contribution in [0.4, 0.5) is 0 Å². The number of likely N-dealkylation sites (tertiary alicyclic amines) is 1. The summed E-state index contributed by atoms with van der Waals surface area (Å²) in [5.74, 6) is 0.177. The Bertz CT molecular complexity index is 314. The maximum Gasteiger partial charge on any atom is 0.220 e. The molecule has 2 N–H and O–H groups in total. The molecular formula is C16H30N2O2. The molecule has 1 aliphatic heterocycles. The molecule has 1 unspecified atom stereocenters. The van der Waals surface area contributed by atoms with Crippen LogP contribution in [0, 0.1) is 0 Å². The van der Waals surface area contributed by atoms with Gasteiger partial charge in [-0.15, -0.1) is 0 Å². The van der Waals surface area contributed by atoms with Crippen molar-refractivity contribution >= 4 is 5.91 Å². The molecule has 1 heterocycles. The average Bonchev–Trinajstić information content (AvgIpc) is 2.39. The van der Waals surface area contributed by atoms with Crippen molar-refractivity contribution in [2.45, 2.75) is 76.4 Å². The number of β-amino-alcohol motifs (C(OH)–C–C–N with tert-alkyl or cyclic N) is 1. The first kappa shape index (κ1) is 15.8. The summed E-state index contributed by atoms with van der Waals surface area (Å²) in [7, 11) is 0. The van der Waals surface area contributed by atoms with Crippen molar-refractivity contribution < 1.29 is 9.90 Å². The second-order valence-electron chi connectivity index (χ2n) is 6.68. The summed E-state index contributed by atoms with van der Waals surface area (Å²) in [6, 6.07) is 0.273. The van der Waals surface area contributed by atoms with Crippen molar-refractivity contribution in [2.24, 2.45) is 0 Å². The lowest BCUT2D eigenvalue weighted by atomic mass is 9.84. The molecule has 0 aromatic carbocycles. The maximum atomic E-state index is 11.7. The Hall–Kier alpha value is -0.610. The van der Waals surface area contributed by atoms with Crippen LogP contribution in [0.2, 0.25) is 0 Å². The molecule has 0 radical (unpaired) electrons. The lowest BCUT2D eigenvalue weighted by molar-refractivity contribution is -0.122. The molecule has 2 rings (SSSR count). The molecule has 4 heteroatoms. The van der Waals surface area contributed by atoms with Crippen LogP contribution in [0.3, 0.4) is 0 Å². The quantitative estimate of drug-likeness (QED) is 0.811. The maximum absolute atomic E-state index is 11.7. The van der Waals surface area contributed by atoms with Crippen LogP contribution in [0.1, 0.15) is 64.7 Å². The lowest BCUT2D eigenvalue weighted by Gasteiger charge is -2.40. The highest BCUT2D eigenvalue weighted by Crippen LogP contribution is 2.29. The Kier molecular flexibility index (Phi) is 5.85. The van der Waals surface area contributed by atoms with Crippen LogP contribution < -0.4 is 5.32 Å². The van der Waals surface area contributed by atoms with E-state index in [1.54, 1.807) is 0 Å². The summed E-state index contributed by atoms with van der Waals surface area (Å²) in [5.41, 5.74) is -0.479. The van der Waals surface area contributed by atoms with Gasteiger partial charge in [0, 0.05) is 25.6 Å². The Morgan fingerprint density at radius 1 is 1.30 bits per heavy atom. The Labute approximate surface area is 122 Å². The van der Waals surface area contributed by atoms with E-state index in [0.717, 1.165) is 64.6 Å². The van der Waals surface area contributed by atoms with E-state index >= 15 is 0 Å². The highest BCUT2D eigenvalue weighted by Gasteiger charge is 2.33. The molecule has 2 aliphatic rings. The molecular weight excluding hydrogens is 252 g/mol. The normalized spacial score (nSPS) is 27.2. The topological polar surface area (TPSA) is 52.6 Å². The third kappa shape index (κ3) is 4.74. The number of rotatable bonds is 5. The van der Waals surface area contributed by atoms with Crippen LogP contribution in [-0.4, -0.2) is 47.2 Å². The molecule has 1 atom stereocenters. The van der Waals surface area contributed by atoms with Crippen molar-refractivity contribution in [3.8, 4) is 0 Å². The predicted molar refractivity (Wildman–Crippen MR) is 80.5 cm³/mol. The highest BCUT2D eigenvalue weighted by molar-refractivity contribution is 5.76. The molecule has 1 saturated carbocycles. The van der Waals surface area contributed by atoms with Crippen molar-refractivity contribution in [1.29, 1.82) is 0 Å². The SMILES string of the molecule is CCCC(=O)NC1CCCN(CC2(O)CCCCC2)C1. The highest BCUT2D eigenvalue weighted by atomic mass is 16.3. The number of hydrogen-bond donors (Lipinski definition) is 2. The minimum Gasteiger partial charge on any atom is -0.389 e. The zero-order chi connectivity index (χ0) is 14.4. The van der Waals surface area contributed by atoms with Gasteiger partial charge in [0.2, 0.25) is 5.91 Å². The molecule has 0 bridgehead atoms. The van der Waals surface area contributed by atoms with Crippen molar-refractivity contribution in [2.75, 3.05) is 19.6 Å². The van der Waals surface area contributed by atoms with Crippen molar-refractivity contribution in [3.05, 3.63) is 0 Å². The van der Waals surface area contributed by atoms with Gasteiger partial charge in [-0.25, -0.2) is 0 Å². The standard InChI is InChI=1S/C16H30N2O2/c1-2-7-15(19)17-14-8-6-11-18(12-14)13-16(20)9-4-3-5-10-16/h14,20H,2-13H2,1H3,(H,17,19). The Morgan fingerprint density at radius 2 is 2.05 bits per heavy atom. The molecule has 1 amide bonds. The van der Waals surface area contributed by atoms with Gasteiger partial charge in [0.25, 0.3) is 0 Å². The van der Waals surface area contributed by atoms with Gasteiger partial charge in [-0.3, -0.25) is 9.69 Å². The van der Waals surface area contributed by atoms with E-state index in [1.807, 2.05) is 6.92 Å². The zero-order valence-electron chi connectivity index (χ0n) is 12.9. The van der Waals surface area contributed by atoms with Gasteiger partial charge in [-0.05, 0) is 38.6 Å². The number of piperidine rings is 1. The smallest absolute Gasteiger partial charge is 0.220 e. The second-order valence-corrected chi connectivity index (χ2v) is 6.68. The first-order chi connectivity index (χ1) is 9.61. The van der Waals surface area contributed by atoms with Gasteiger partial charge in [0.15, 0.2) is 0 Å². The average molecular weight is 282 g/mol. The zero-order valence-corrected chi connectivity index (χ0v) is 12.9. The lowest BCUT2D eigenvalue weighted by Crippen LogP contribution is -2.52. The van der Waals surface area contributed by atoms with E-state index in [4.69, 9.17) is 0 Å². The van der Waals surface area contributed by atoms with E-state index in [1.165, 1.54) is 6.42 Å². The minimum atomic E-state index is -0.479. The summed E-state index contributed by atoms with van der Waals surface area (Å²) in [4.78, 5) is 14.0. The van der Waals surface area contributed by atoms with Crippen molar-refractivity contribution in [3.63, 3.8) is 0 Å². The van der Waals surface area contributed by atoms with Gasteiger partial charge < -0.3 is 10.4 Å². The van der Waals surface area contributed by atoms with Gasteiger partial charge in [0.05, 0.1) is 5.60 Å². The summed E-state index contributed by atoms with van der Waals surface area (Å²) >= 11 is 0. The third-order valence-corrected chi connectivity index (χ3v) is 4.65. The molecule has 0 aromatic rings. The van der Waals surface area contributed by atoms with Gasteiger partial charge >= 0.3 is 0 Å². The number of aliphatic hydroxyl groups is 1. The van der Waals surface area contributed by atoms with Crippen LogP contribution in [0.25, 0.3) is 0 Å². The van der Waals surface area contributed by atoms with Gasteiger partial charge in [-0.2, -0.15) is 0 Å². The summed E-state index contributed by atoms with van der Waals surface area (Å²) in [6.45, 7) is 4.78. The number of hydrogen-bond acceptors (Lipinski definition) is 3. The van der Waals surface area contributed by atoms with E-state index in [0.29, 0.717) is 6.42 Å². The van der Waals surface area contributed by atoms with E-state index in [-0.39, 0.29) is 11.9 Å². The fraction of sp³-hybridized carbons (Fsp3) is 0.938. The van der Waals surface area contributed by atoms with Crippen LogP contribution in [0.5, 0.6) is 0 Å². The molecule has 0 spiro atoms. The predicted octanol–water partition coefficient (Wildman–Crippen LogP) is 2.06. The van der Waals surface area contributed by atoms with Crippen molar-refractivity contribution in [1.82, 2.24) is 10.2 Å². The molecule has 116 valence electrons. The number of amides is 1. The number of nitrogens with one attached hydrogen (secondary N) is 1. The number of carbonyl (C=O) groups is 1. The largest absolute Gasteiger partial charge is 0.389 e. The minimum absolute atomic E-state index is 0.177. The van der Waals surface area contributed by atoms with Gasteiger partial charge in [-0.1, -0.05) is 26.2 Å². The molecule has 20 heavy (non-hydrogen) atoms. The van der Waals surface area contributed by atoms with Crippen LogP contribution in [0.15, 0.2) is 0 Å². The monoisotopic (exact) mass is 282 g/mol. The second kappa shape index (κ2) is 7.41. The molecule has 0 aromatic heterocycles. The first-order valence-electron chi connectivity index (χ1n) is 8.35. The summed E-state index contributed by atoms with van der Waals surface area (Å²) in [5, 5.41) is 13.8. The molecule has 1 saturated heterocycles. The fourth-order valence-corrected chi connectivity index (χ4v) is 3.63. The Morgan fingerprint density at radius 3 is 2.75 bits per heavy atom. The first-order valence-corrected chi connectivity index (χ1v) is 8.35. The molecule has 2 fully saturated rings. The summed E-state index contributed by atoms with van der Waals surface area (Å²) in [6.07, 6.45) is 9.17. The fourth-order valence-electron chi connectivity index (χ4n) is 3.63.